The topological polar surface area (TPSA) is 26.0 Å². The summed E-state index contributed by atoms with van der Waals surface area (Å²) in [7, 11) is 0. The van der Waals surface area contributed by atoms with Crippen LogP contribution in [0.4, 0.5) is 0 Å². The quantitative estimate of drug-likeness (QED) is 0.358. The molecule has 0 bridgehead atoms. The first-order valence-corrected chi connectivity index (χ1v) is 9.23. The van der Waals surface area contributed by atoms with Crippen LogP contribution in [0.25, 0.3) is 33.2 Å². The molecule has 0 fully saturated rings. The van der Waals surface area contributed by atoms with E-state index < -0.39 is 0 Å². The van der Waals surface area contributed by atoms with E-state index in [1.54, 1.807) is 0 Å². The lowest BCUT2D eigenvalue weighted by atomic mass is 9.92. The lowest BCUT2D eigenvalue weighted by Gasteiger charge is -2.13. The lowest BCUT2D eigenvalue weighted by Crippen LogP contribution is -1.97. The second kappa shape index (κ2) is 6.40. The molecule has 3 aromatic carbocycles. The van der Waals surface area contributed by atoms with Crippen molar-refractivity contribution in [1.82, 2.24) is 4.98 Å². The van der Waals surface area contributed by atoms with E-state index in [-0.39, 0.29) is 0 Å². The van der Waals surface area contributed by atoms with Crippen molar-refractivity contribution in [3.63, 3.8) is 0 Å². The summed E-state index contributed by atoms with van der Waals surface area (Å²) in [6.07, 6.45) is 1.89. The summed E-state index contributed by atoms with van der Waals surface area (Å²) in [5, 5.41) is 2.27. The maximum atomic E-state index is 6.18. The number of pyridine rings is 1. The Balaban J connectivity index is 1.65. The number of fused-ring (bicyclic) bond motifs is 3. The minimum Gasteiger partial charge on any atom is -0.455 e. The summed E-state index contributed by atoms with van der Waals surface area (Å²) in [6.45, 7) is 2.23. The summed E-state index contributed by atoms with van der Waals surface area (Å²) in [5.74, 6) is 0.308. The van der Waals surface area contributed by atoms with Crippen LogP contribution in [0.1, 0.15) is 24.0 Å². The largest absolute Gasteiger partial charge is 0.455 e. The van der Waals surface area contributed by atoms with E-state index in [2.05, 4.69) is 78.6 Å². The number of hydrogen-bond donors (Lipinski definition) is 0. The molecule has 27 heavy (non-hydrogen) atoms. The van der Waals surface area contributed by atoms with Crippen molar-refractivity contribution in [2.75, 3.05) is 0 Å². The van der Waals surface area contributed by atoms with E-state index in [0.29, 0.717) is 5.92 Å². The van der Waals surface area contributed by atoms with Gasteiger partial charge in [-0.3, -0.25) is 4.98 Å². The fourth-order valence-electron chi connectivity index (χ4n) is 3.75. The number of furan rings is 1. The van der Waals surface area contributed by atoms with Crippen molar-refractivity contribution in [1.29, 1.82) is 0 Å². The van der Waals surface area contributed by atoms with Gasteiger partial charge in [-0.05, 0) is 35.4 Å². The fourth-order valence-corrected chi connectivity index (χ4v) is 3.75. The highest BCUT2D eigenvalue weighted by atomic mass is 16.3. The molecule has 0 saturated carbocycles. The van der Waals surface area contributed by atoms with Gasteiger partial charge in [0.1, 0.15) is 11.2 Å². The summed E-state index contributed by atoms with van der Waals surface area (Å²) >= 11 is 0. The Bertz CT molecular complexity index is 1240. The molecule has 1 atom stereocenters. The Labute approximate surface area is 158 Å². The Morgan fingerprint density at radius 2 is 1.52 bits per heavy atom. The average molecular weight is 349 g/mol. The van der Waals surface area contributed by atoms with Crippen LogP contribution in [-0.2, 0) is 0 Å². The molecule has 0 aliphatic rings. The Kier molecular flexibility index (Phi) is 3.75. The molecule has 0 saturated heterocycles. The third-order valence-electron chi connectivity index (χ3n) is 5.26. The van der Waals surface area contributed by atoms with E-state index in [1.165, 1.54) is 11.1 Å². The van der Waals surface area contributed by atoms with Gasteiger partial charge in [0.15, 0.2) is 0 Å². The van der Waals surface area contributed by atoms with Crippen molar-refractivity contribution in [2.45, 2.75) is 12.8 Å². The molecule has 2 aromatic heterocycles. The number of nitrogens with zero attached hydrogens (tertiary/aromatic N) is 1. The van der Waals surface area contributed by atoms with E-state index in [4.69, 9.17) is 4.42 Å². The van der Waals surface area contributed by atoms with Crippen LogP contribution in [0.15, 0.2) is 95.5 Å². The second-order valence-corrected chi connectivity index (χ2v) is 6.89. The van der Waals surface area contributed by atoms with Crippen LogP contribution >= 0.6 is 0 Å². The Hall–Kier alpha value is -3.39. The maximum Gasteiger partial charge on any atom is 0.144 e. The van der Waals surface area contributed by atoms with Gasteiger partial charge in [-0.15, -0.1) is 0 Å². The molecule has 1 unspecified atom stereocenters. The van der Waals surface area contributed by atoms with Gasteiger partial charge >= 0.3 is 0 Å². The molecule has 0 amide bonds. The molecule has 5 rings (SSSR count). The van der Waals surface area contributed by atoms with E-state index in [0.717, 1.165) is 33.2 Å². The van der Waals surface area contributed by atoms with Gasteiger partial charge < -0.3 is 4.42 Å². The molecule has 0 aliphatic carbocycles. The van der Waals surface area contributed by atoms with Gasteiger partial charge in [0, 0.05) is 28.5 Å². The highest BCUT2D eigenvalue weighted by Crippen LogP contribution is 2.36. The van der Waals surface area contributed by atoms with Crippen LogP contribution in [-0.4, -0.2) is 4.98 Å². The van der Waals surface area contributed by atoms with Crippen LogP contribution < -0.4 is 0 Å². The van der Waals surface area contributed by atoms with E-state index in [1.807, 2.05) is 24.4 Å². The van der Waals surface area contributed by atoms with Crippen LogP contribution in [0.3, 0.4) is 0 Å². The molecular weight excluding hydrogens is 330 g/mol. The highest BCUT2D eigenvalue weighted by molar-refractivity contribution is 6.09. The molecule has 2 heterocycles. The van der Waals surface area contributed by atoms with Gasteiger partial charge in [0.2, 0.25) is 0 Å². The Morgan fingerprint density at radius 1 is 0.741 bits per heavy atom. The van der Waals surface area contributed by atoms with Gasteiger partial charge in [-0.1, -0.05) is 67.6 Å². The number of benzene rings is 3. The third-order valence-corrected chi connectivity index (χ3v) is 5.26. The monoisotopic (exact) mass is 349 g/mol. The molecular formula is C25H19NO. The average Bonchev–Trinajstić information content (AvgIpc) is 3.13. The second-order valence-electron chi connectivity index (χ2n) is 6.89. The predicted octanol–water partition coefficient (Wildman–Crippen LogP) is 6.80. The summed E-state index contributed by atoms with van der Waals surface area (Å²) < 4.78 is 6.18. The van der Waals surface area contributed by atoms with Gasteiger partial charge in [-0.2, -0.15) is 0 Å². The maximum absolute atomic E-state index is 6.18. The van der Waals surface area contributed by atoms with Crippen LogP contribution in [0.5, 0.6) is 0 Å². The molecule has 0 N–H and O–H groups in total. The van der Waals surface area contributed by atoms with Crippen molar-refractivity contribution < 1.29 is 4.42 Å². The zero-order valence-electron chi connectivity index (χ0n) is 15.1. The van der Waals surface area contributed by atoms with Crippen molar-refractivity contribution in [2.24, 2.45) is 0 Å². The van der Waals surface area contributed by atoms with Gasteiger partial charge in [0.05, 0.1) is 5.69 Å². The molecule has 5 aromatic rings. The van der Waals surface area contributed by atoms with Crippen molar-refractivity contribution >= 4 is 21.9 Å². The van der Waals surface area contributed by atoms with Crippen LogP contribution in [0, 0.1) is 0 Å². The first-order valence-electron chi connectivity index (χ1n) is 9.23. The zero-order chi connectivity index (χ0) is 18.2. The molecule has 0 aliphatic heterocycles. The first-order chi connectivity index (χ1) is 13.3. The number of hydrogen-bond acceptors (Lipinski definition) is 2. The normalized spacial score (nSPS) is 12.5. The van der Waals surface area contributed by atoms with Crippen molar-refractivity contribution in [3.05, 3.63) is 102 Å². The molecule has 0 radical (unpaired) electrons. The smallest absolute Gasteiger partial charge is 0.144 e. The highest BCUT2D eigenvalue weighted by Gasteiger charge is 2.14. The van der Waals surface area contributed by atoms with Gasteiger partial charge in [-0.25, -0.2) is 0 Å². The Morgan fingerprint density at radius 3 is 2.41 bits per heavy atom. The lowest BCUT2D eigenvalue weighted by molar-refractivity contribution is 0.670. The number of aromatic nitrogens is 1. The van der Waals surface area contributed by atoms with E-state index >= 15 is 0 Å². The van der Waals surface area contributed by atoms with Crippen LogP contribution in [0.2, 0.25) is 0 Å². The van der Waals surface area contributed by atoms with Gasteiger partial charge in [0.25, 0.3) is 0 Å². The molecule has 130 valence electrons. The fraction of sp³-hybridized carbons (Fsp3) is 0.0800. The standard InChI is InChI=1S/C25H19NO/c1-17(18-8-3-2-4-9-18)19-14-15-26-23(16-19)22-12-7-11-21-20-10-5-6-13-24(20)27-25(21)22/h2-17H,1H3. The molecule has 2 nitrogen and oxygen atoms in total. The van der Waals surface area contributed by atoms with E-state index in [9.17, 15) is 0 Å². The molecule has 0 spiro atoms. The SMILES string of the molecule is CC(c1ccccc1)c1ccnc(-c2cccc3c2oc2ccccc23)c1. The van der Waals surface area contributed by atoms with Crippen molar-refractivity contribution in [3.8, 4) is 11.3 Å². The zero-order valence-corrected chi connectivity index (χ0v) is 15.1. The summed E-state index contributed by atoms with van der Waals surface area (Å²) in [4.78, 5) is 4.65. The number of rotatable bonds is 3. The summed E-state index contributed by atoms with van der Waals surface area (Å²) in [6, 6.07) is 29.3. The summed E-state index contributed by atoms with van der Waals surface area (Å²) in [5.41, 5.74) is 6.34. The first kappa shape index (κ1) is 15.8. The minimum atomic E-state index is 0.308. The molecule has 2 heteroatoms. The minimum absolute atomic E-state index is 0.308. The number of para-hydroxylation sites is 2. The predicted molar refractivity (Wildman–Crippen MR) is 111 cm³/mol. The third kappa shape index (κ3) is 2.70.